The molecule has 6 nitrogen and oxygen atoms in total. The highest BCUT2D eigenvalue weighted by Crippen LogP contribution is 2.22. The van der Waals surface area contributed by atoms with Crippen molar-refractivity contribution in [2.45, 2.75) is 37.6 Å². The zero-order valence-corrected chi connectivity index (χ0v) is 10.6. The first-order chi connectivity index (χ1) is 9.02. The van der Waals surface area contributed by atoms with Gasteiger partial charge in [-0.3, -0.25) is 0 Å². The van der Waals surface area contributed by atoms with Crippen LogP contribution in [0.2, 0.25) is 0 Å². The maximum atomic E-state index is 9.86. The Morgan fingerprint density at radius 1 is 1.05 bits per heavy atom. The first-order valence-electron chi connectivity index (χ1n) is 6.16. The number of hydrogen-bond acceptors (Lipinski definition) is 6. The van der Waals surface area contributed by atoms with Crippen LogP contribution in [0, 0.1) is 6.92 Å². The molecule has 5 atom stereocenters. The van der Waals surface area contributed by atoms with E-state index in [1.807, 2.05) is 31.2 Å². The molecule has 1 aliphatic heterocycles. The molecule has 1 saturated heterocycles. The van der Waals surface area contributed by atoms with Gasteiger partial charge in [-0.2, -0.15) is 0 Å². The number of rotatable bonds is 3. The Kier molecular flexibility index (Phi) is 4.38. The number of anilines is 1. The summed E-state index contributed by atoms with van der Waals surface area (Å²) in [6.45, 7) is 1.52. The number of hydrogen-bond donors (Lipinski definition) is 5. The van der Waals surface area contributed by atoms with Gasteiger partial charge in [-0.25, -0.2) is 0 Å². The molecule has 0 saturated carbocycles. The second-order valence-corrected chi connectivity index (χ2v) is 4.76. The number of aryl methyl sites for hydroxylation is 1. The molecular formula is C13H19NO5. The smallest absolute Gasteiger partial charge is 0.157 e. The third kappa shape index (κ3) is 3.05. The van der Waals surface area contributed by atoms with E-state index < -0.39 is 37.3 Å². The van der Waals surface area contributed by atoms with Crippen molar-refractivity contribution >= 4 is 5.69 Å². The molecule has 0 bridgehead atoms. The first-order valence-corrected chi connectivity index (χ1v) is 6.16. The summed E-state index contributed by atoms with van der Waals surface area (Å²) >= 11 is 0. The van der Waals surface area contributed by atoms with E-state index in [4.69, 9.17) is 9.84 Å². The van der Waals surface area contributed by atoms with Gasteiger partial charge in [0.1, 0.15) is 24.4 Å². The fraction of sp³-hybridized carbons (Fsp3) is 0.538. The van der Waals surface area contributed by atoms with E-state index in [0.717, 1.165) is 11.3 Å². The zero-order valence-electron chi connectivity index (χ0n) is 10.6. The van der Waals surface area contributed by atoms with Crippen molar-refractivity contribution in [3.8, 4) is 0 Å². The Hall–Kier alpha value is -1.18. The average molecular weight is 269 g/mol. The number of aliphatic hydroxyl groups is 4. The van der Waals surface area contributed by atoms with Crippen LogP contribution in [0.15, 0.2) is 24.3 Å². The van der Waals surface area contributed by atoms with E-state index in [0.29, 0.717) is 0 Å². The lowest BCUT2D eigenvalue weighted by Gasteiger charge is -2.40. The maximum absolute atomic E-state index is 9.86. The van der Waals surface area contributed by atoms with E-state index in [2.05, 4.69) is 5.32 Å². The summed E-state index contributed by atoms with van der Waals surface area (Å²) in [6, 6.07) is 7.42. The molecule has 1 aromatic rings. The molecule has 2 rings (SSSR count). The number of ether oxygens (including phenoxy) is 1. The van der Waals surface area contributed by atoms with Crippen molar-refractivity contribution in [2.75, 3.05) is 11.9 Å². The van der Waals surface area contributed by atoms with Crippen molar-refractivity contribution in [3.63, 3.8) is 0 Å². The Labute approximate surface area is 111 Å². The second kappa shape index (κ2) is 5.85. The molecule has 106 valence electrons. The molecule has 6 heteroatoms. The lowest BCUT2D eigenvalue weighted by molar-refractivity contribution is -0.221. The second-order valence-electron chi connectivity index (χ2n) is 4.76. The highest BCUT2D eigenvalue weighted by atomic mass is 16.6. The number of benzene rings is 1. The van der Waals surface area contributed by atoms with E-state index >= 15 is 0 Å². The fourth-order valence-corrected chi connectivity index (χ4v) is 2.03. The largest absolute Gasteiger partial charge is 0.394 e. The van der Waals surface area contributed by atoms with Crippen LogP contribution in [0.4, 0.5) is 5.69 Å². The van der Waals surface area contributed by atoms with Gasteiger partial charge in [-0.1, -0.05) is 17.7 Å². The topological polar surface area (TPSA) is 102 Å². The minimum atomic E-state index is -1.37. The monoisotopic (exact) mass is 269 g/mol. The molecule has 19 heavy (non-hydrogen) atoms. The van der Waals surface area contributed by atoms with Gasteiger partial charge in [0.25, 0.3) is 0 Å². The van der Waals surface area contributed by atoms with Crippen molar-refractivity contribution in [2.24, 2.45) is 0 Å². The minimum Gasteiger partial charge on any atom is -0.394 e. The molecule has 0 unspecified atom stereocenters. The van der Waals surface area contributed by atoms with Crippen molar-refractivity contribution in [1.82, 2.24) is 0 Å². The third-order valence-electron chi connectivity index (χ3n) is 3.25. The fourth-order valence-electron chi connectivity index (χ4n) is 2.03. The van der Waals surface area contributed by atoms with Crippen LogP contribution in [0.25, 0.3) is 0 Å². The van der Waals surface area contributed by atoms with Gasteiger partial charge in [0, 0.05) is 5.69 Å². The highest BCUT2D eigenvalue weighted by molar-refractivity contribution is 5.45. The van der Waals surface area contributed by atoms with Crippen LogP contribution in [0.3, 0.4) is 0 Å². The standard InChI is InChI=1S/C13H19NO5/c1-7-2-4-8(5-3-7)14-13-12(18)11(17)10(16)9(6-15)19-13/h2-5,9-18H,6H2,1H3/t9-,10+,11-,12-,13-/m1/s1. The molecule has 1 heterocycles. The van der Waals surface area contributed by atoms with Gasteiger partial charge < -0.3 is 30.5 Å². The minimum absolute atomic E-state index is 0.434. The molecule has 0 radical (unpaired) electrons. The van der Waals surface area contributed by atoms with Gasteiger partial charge in [0.2, 0.25) is 0 Å². The Morgan fingerprint density at radius 3 is 2.26 bits per heavy atom. The van der Waals surface area contributed by atoms with Gasteiger partial charge in [0.15, 0.2) is 6.23 Å². The molecular weight excluding hydrogens is 250 g/mol. The van der Waals surface area contributed by atoms with E-state index in [1.165, 1.54) is 0 Å². The van der Waals surface area contributed by atoms with Crippen LogP contribution in [-0.4, -0.2) is 57.7 Å². The van der Waals surface area contributed by atoms with Gasteiger partial charge in [-0.05, 0) is 19.1 Å². The summed E-state index contributed by atoms with van der Waals surface area (Å²) in [5.41, 5.74) is 1.81. The van der Waals surface area contributed by atoms with Gasteiger partial charge in [0.05, 0.1) is 6.61 Å². The molecule has 0 aromatic heterocycles. The SMILES string of the molecule is Cc1ccc(N[C@@H]2O[C@H](CO)[C@H](O)[C@@H](O)[C@H]2O)cc1. The lowest BCUT2D eigenvalue weighted by Crippen LogP contribution is -2.60. The molecule has 0 aliphatic carbocycles. The Balaban J connectivity index is 2.08. The number of aliphatic hydroxyl groups excluding tert-OH is 4. The Bertz CT molecular complexity index is 408. The average Bonchev–Trinajstić information content (AvgIpc) is 2.42. The van der Waals surface area contributed by atoms with Crippen LogP contribution in [-0.2, 0) is 4.74 Å². The predicted molar refractivity (Wildman–Crippen MR) is 68.6 cm³/mol. The van der Waals surface area contributed by atoms with Crippen molar-refractivity contribution in [3.05, 3.63) is 29.8 Å². The number of nitrogens with one attached hydrogen (secondary N) is 1. The van der Waals surface area contributed by atoms with Crippen LogP contribution in [0.1, 0.15) is 5.56 Å². The van der Waals surface area contributed by atoms with Crippen LogP contribution in [0.5, 0.6) is 0 Å². The summed E-state index contributed by atoms with van der Waals surface area (Å²) in [6.07, 6.45) is -5.77. The molecule has 0 amide bonds. The van der Waals surface area contributed by atoms with Gasteiger partial charge in [-0.15, -0.1) is 0 Å². The van der Waals surface area contributed by atoms with Crippen molar-refractivity contribution in [1.29, 1.82) is 0 Å². The molecule has 1 aromatic carbocycles. The molecule has 1 fully saturated rings. The normalized spacial score (nSPS) is 35.1. The quantitative estimate of drug-likeness (QED) is 0.493. The van der Waals surface area contributed by atoms with Crippen LogP contribution >= 0.6 is 0 Å². The van der Waals surface area contributed by atoms with E-state index in [-0.39, 0.29) is 0 Å². The lowest BCUT2D eigenvalue weighted by atomic mass is 9.98. The highest BCUT2D eigenvalue weighted by Gasteiger charge is 2.43. The maximum Gasteiger partial charge on any atom is 0.157 e. The summed E-state index contributed by atoms with van der Waals surface area (Å²) in [5, 5.41) is 41.2. The summed E-state index contributed by atoms with van der Waals surface area (Å²) < 4.78 is 5.34. The molecule has 1 aliphatic rings. The zero-order chi connectivity index (χ0) is 14.0. The third-order valence-corrected chi connectivity index (χ3v) is 3.25. The first kappa shape index (κ1) is 14.2. The van der Waals surface area contributed by atoms with E-state index in [9.17, 15) is 15.3 Å². The van der Waals surface area contributed by atoms with Crippen LogP contribution < -0.4 is 5.32 Å². The Morgan fingerprint density at radius 2 is 1.68 bits per heavy atom. The summed E-state index contributed by atoms with van der Waals surface area (Å²) in [7, 11) is 0. The predicted octanol–water partition coefficient (Wildman–Crippen LogP) is -0.793. The molecule has 5 N–H and O–H groups in total. The summed E-state index contributed by atoms with van der Waals surface area (Å²) in [5.74, 6) is 0. The summed E-state index contributed by atoms with van der Waals surface area (Å²) in [4.78, 5) is 0. The van der Waals surface area contributed by atoms with Crippen molar-refractivity contribution < 1.29 is 25.2 Å². The molecule has 0 spiro atoms. The van der Waals surface area contributed by atoms with Gasteiger partial charge >= 0.3 is 0 Å². The van der Waals surface area contributed by atoms with E-state index in [1.54, 1.807) is 0 Å².